The summed E-state index contributed by atoms with van der Waals surface area (Å²) >= 11 is 4.79. The van der Waals surface area contributed by atoms with Gasteiger partial charge in [0.15, 0.2) is 5.16 Å². The van der Waals surface area contributed by atoms with Gasteiger partial charge in [-0.25, -0.2) is 15.0 Å². The summed E-state index contributed by atoms with van der Waals surface area (Å²) in [7, 11) is 0. The van der Waals surface area contributed by atoms with Gasteiger partial charge < -0.3 is 11.5 Å². The summed E-state index contributed by atoms with van der Waals surface area (Å²) in [6.07, 6.45) is 0. The predicted molar refractivity (Wildman–Crippen MR) is 85.8 cm³/mol. The molecule has 20 heavy (non-hydrogen) atoms. The molecule has 4 N–H and O–H groups in total. The van der Waals surface area contributed by atoms with Gasteiger partial charge in [-0.2, -0.15) is 11.3 Å². The largest absolute Gasteiger partial charge is 0.383 e. The molecule has 0 bridgehead atoms. The number of anilines is 2. The maximum absolute atomic E-state index is 5.64. The minimum atomic E-state index is 0.386. The summed E-state index contributed by atoms with van der Waals surface area (Å²) < 4.78 is 0. The summed E-state index contributed by atoms with van der Waals surface area (Å²) in [6, 6.07) is 3.61. The number of rotatable bonds is 4. The van der Waals surface area contributed by atoms with Crippen molar-refractivity contribution in [2.75, 3.05) is 11.5 Å². The zero-order chi connectivity index (χ0) is 13.9. The minimum Gasteiger partial charge on any atom is -0.383 e. The van der Waals surface area contributed by atoms with E-state index in [1.54, 1.807) is 28.7 Å². The maximum atomic E-state index is 5.64. The number of nitrogens with two attached hydrogens (primary N) is 2. The number of nitrogens with zero attached hydrogens (tertiary/aromatic N) is 3. The van der Waals surface area contributed by atoms with Crippen LogP contribution in [-0.2, 0) is 5.75 Å². The van der Waals surface area contributed by atoms with E-state index in [0.717, 1.165) is 10.7 Å². The van der Waals surface area contributed by atoms with Crippen LogP contribution in [0.1, 0.15) is 5.69 Å². The average Bonchev–Trinajstić information content (AvgIpc) is 3.06. The molecule has 0 fully saturated rings. The van der Waals surface area contributed by atoms with E-state index in [1.165, 1.54) is 17.3 Å². The van der Waals surface area contributed by atoms with Gasteiger partial charge in [0.1, 0.15) is 16.6 Å². The minimum absolute atomic E-state index is 0.386. The molecule has 5 nitrogen and oxygen atoms in total. The van der Waals surface area contributed by atoms with Crippen molar-refractivity contribution in [2.45, 2.75) is 10.9 Å². The van der Waals surface area contributed by atoms with E-state index in [2.05, 4.69) is 37.2 Å². The smallest absolute Gasteiger partial charge is 0.191 e. The zero-order valence-electron chi connectivity index (χ0n) is 10.3. The summed E-state index contributed by atoms with van der Waals surface area (Å²) in [5.41, 5.74) is 13.5. The molecule has 3 rings (SSSR count). The Kier molecular flexibility index (Phi) is 3.86. The topological polar surface area (TPSA) is 90.7 Å². The van der Waals surface area contributed by atoms with Gasteiger partial charge in [0.25, 0.3) is 0 Å². The molecule has 3 aromatic heterocycles. The lowest BCUT2D eigenvalue weighted by Gasteiger charge is -2.00. The van der Waals surface area contributed by atoms with E-state index >= 15 is 0 Å². The molecule has 0 saturated heterocycles. The molecule has 0 aliphatic carbocycles. The SMILES string of the molecule is Nc1cc(N)nc(SCc2csc(-c3ccsc3)n2)n1. The van der Waals surface area contributed by atoms with Crippen LogP contribution in [0.3, 0.4) is 0 Å². The first-order chi connectivity index (χ1) is 9.70. The number of nitrogen functional groups attached to an aromatic ring is 2. The highest BCUT2D eigenvalue weighted by atomic mass is 32.2. The number of thiazole rings is 1. The highest BCUT2D eigenvalue weighted by Gasteiger charge is 2.07. The van der Waals surface area contributed by atoms with Crippen LogP contribution in [0.25, 0.3) is 10.6 Å². The summed E-state index contributed by atoms with van der Waals surface area (Å²) in [5, 5.41) is 7.81. The van der Waals surface area contributed by atoms with Gasteiger partial charge in [-0.05, 0) is 11.4 Å². The van der Waals surface area contributed by atoms with Gasteiger partial charge in [-0.15, -0.1) is 11.3 Å². The Morgan fingerprint density at radius 3 is 2.60 bits per heavy atom. The number of hydrogen-bond donors (Lipinski definition) is 2. The van der Waals surface area contributed by atoms with Gasteiger partial charge in [0.05, 0.1) is 5.69 Å². The average molecular weight is 321 g/mol. The third kappa shape index (κ3) is 3.09. The van der Waals surface area contributed by atoms with E-state index in [0.29, 0.717) is 22.5 Å². The van der Waals surface area contributed by atoms with E-state index in [-0.39, 0.29) is 0 Å². The first-order valence-electron chi connectivity index (χ1n) is 5.70. The molecule has 0 aliphatic heterocycles. The number of aromatic nitrogens is 3. The van der Waals surface area contributed by atoms with Gasteiger partial charge in [0, 0.05) is 28.1 Å². The molecule has 0 unspecified atom stereocenters. The molecule has 0 saturated carbocycles. The van der Waals surface area contributed by atoms with Gasteiger partial charge in [-0.1, -0.05) is 11.8 Å². The third-order valence-electron chi connectivity index (χ3n) is 2.41. The van der Waals surface area contributed by atoms with E-state index in [1.807, 2.05) is 0 Å². The summed E-state index contributed by atoms with van der Waals surface area (Å²) in [4.78, 5) is 12.9. The second-order valence-corrected chi connectivity index (χ2v) is 6.53. The monoisotopic (exact) mass is 321 g/mol. The second kappa shape index (κ2) is 5.78. The lowest BCUT2D eigenvalue weighted by atomic mass is 10.4. The molecule has 0 aliphatic rings. The van der Waals surface area contributed by atoms with Crippen LogP contribution in [-0.4, -0.2) is 15.0 Å². The van der Waals surface area contributed by atoms with Crippen LogP contribution >= 0.6 is 34.4 Å². The Bertz CT molecular complexity index is 687. The Morgan fingerprint density at radius 2 is 1.90 bits per heavy atom. The van der Waals surface area contributed by atoms with Crippen molar-refractivity contribution in [3.8, 4) is 10.6 Å². The fraction of sp³-hybridized carbons (Fsp3) is 0.0833. The van der Waals surface area contributed by atoms with Crippen molar-refractivity contribution >= 4 is 46.1 Å². The molecular weight excluding hydrogens is 310 g/mol. The Balaban J connectivity index is 1.69. The molecule has 0 spiro atoms. The van der Waals surface area contributed by atoms with Gasteiger partial charge in [0.2, 0.25) is 0 Å². The van der Waals surface area contributed by atoms with Crippen molar-refractivity contribution in [1.29, 1.82) is 0 Å². The molecular formula is C12H11N5S3. The van der Waals surface area contributed by atoms with Crippen molar-refractivity contribution < 1.29 is 0 Å². The fourth-order valence-electron chi connectivity index (χ4n) is 1.56. The van der Waals surface area contributed by atoms with Crippen LogP contribution in [0.2, 0.25) is 0 Å². The Labute approximate surface area is 128 Å². The van der Waals surface area contributed by atoms with Gasteiger partial charge in [-0.3, -0.25) is 0 Å². The third-order valence-corrected chi connectivity index (χ3v) is 4.92. The van der Waals surface area contributed by atoms with Crippen molar-refractivity contribution in [3.05, 3.63) is 34.0 Å². The summed E-state index contributed by atoms with van der Waals surface area (Å²) in [6.45, 7) is 0. The Morgan fingerprint density at radius 1 is 1.10 bits per heavy atom. The first kappa shape index (κ1) is 13.3. The van der Waals surface area contributed by atoms with Crippen LogP contribution in [0, 0.1) is 0 Å². The number of hydrogen-bond acceptors (Lipinski definition) is 8. The molecule has 0 atom stereocenters. The van der Waals surface area contributed by atoms with E-state index in [4.69, 9.17) is 11.5 Å². The Hall–Kier alpha value is -1.64. The molecule has 0 aromatic carbocycles. The quantitative estimate of drug-likeness (QED) is 0.567. The standard InChI is InChI=1S/C12H11N5S3/c13-9-3-10(14)17-12(16-9)20-6-8-5-19-11(15-8)7-1-2-18-4-7/h1-5H,6H2,(H4,13,14,16,17). The predicted octanol–water partition coefficient (Wildman–Crippen LogP) is 3.12. The van der Waals surface area contributed by atoms with Crippen LogP contribution in [0.5, 0.6) is 0 Å². The number of thioether (sulfide) groups is 1. The molecule has 102 valence electrons. The fourth-order valence-corrected chi connectivity index (χ4v) is 3.96. The molecule has 3 aromatic rings. The van der Waals surface area contributed by atoms with E-state index < -0.39 is 0 Å². The lowest BCUT2D eigenvalue weighted by molar-refractivity contribution is 0.982. The highest BCUT2D eigenvalue weighted by molar-refractivity contribution is 7.98. The normalized spacial score (nSPS) is 10.8. The van der Waals surface area contributed by atoms with Crippen molar-refractivity contribution in [3.63, 3.8) is 0 Å². The number of thiophene rings is 1. The van der Waals surface area contributed by atoms with Crippen LogP contribution in [0.4, 0.5) is 11.6 Å². The summed E-state index contributed by atoms with van der Waals surface area (Å²) in [5.74, 6) is 1.47. The van der Waals surface area contributed by atoms with E-state index in [9.17, 15) is 0 Å². The maximum Gasteiger partial charge on any atom is 0.191 e. The zero-order valence-corrected chi connectivity index (χ0v) is 12.8. The van der Waals surface area contributed by atoms with Crippen molar-refractivity contribution in [1.82, 2.24) is 15.0 Å². The molecule has 8 heteroatoms. The van der Waals surface area contributed by atoms with Crippen molar-refractivity contribution in [2.24, 2.45) is 0 Å². The molecule has 0 amide bonds. The molecule has 0 radical (unpaired) electrons. The second-order valence-electron chi connectivity index (χ2n) is 3.94. The molecule has 3 heterocycles. The highest BCUT2D eigenvalue weighted by Crippen LogP contribution is 2.28. The van der Waals surface area contributed by atoms with Crippen LogP contribution < -0.4 is 11.5 Å². The lowest BCUT2D eigenvalue weighted by Crippen LogP contribution is -1.99. The van der Waals surface area contributed by atoms with Gasteiger partial charge >= 0.3 is 0 Å². The first-order valence-corrected chi connectivity index (χ1v) is 8.51. The van der Waals surface area contributed by atoms with Crippen LogP contribution in [0.15, 0.2) is 33.4 Å².